The Hall–Kier alpha value is -0.560. The van der Waals surface area contributed by atoms with Crippen molar-refractivity contribution >= 4 is 41.8 Å². The van der Waals surface area contributed by atoms with E-state index in [1.165, 1.54) is 23.5 Å². The van der Waals surface area contributed by atoms with Crippen molar-refractivity contribution in [3.63, 3.8) is 0 Å². The normalized spacial score (nSPS) is 24.0. The van der Waals surface area contributed by atoms with Crippen LogP contribution in [0.3, 0.4) is 0 Å². The summed E-state index contributed by atoms with van der Waals surface area (Å²) in [6.45, 7) is 3.64. The maximum Gasteiger partial charge on any atom is 0.260 e. The lowest BCUT2D eigenvalue weighted by Crippen LogP contribution is -2.50. The van der Waals surface area contributed by atoms with Gasteiger partial charge in [0.25, 0.3) is 5.91 Å². The third kappa shape index (κ3) is 5.72. The Morgan fingerprint density at radius 1 is 1.27 bits per heavy atom. The van der Waals surface area contributed by atoms with Crippen LogP contribution in [0.25, 0.3) is 0 Å². The van der Waals surface area contributed by atoms with Crippen LogP contribution in [0.2, 0.25) is 0 Å². The second-order valence-corrected chi connectivity index (χ2v) is 9.62. The molecule has 2 unspecified atom stereocenters. The smallest absolute Gasteiger partial charge is 0.260 e. The van der Waals surface area contributed by atoms with Gasteiger partial charge in [-0.15, -0.1) is 35.9 Å². The van der Waals surface area contributed by atoms with Crippen LogP contribution < -0.4 is 10.5 Å². The highest BCUT2D eigenvalue weighted by atomic mass is 35.5. The zero-order chi connectivity index (χ0) is 17.6. The quantitative estimate of drug-likeness (QED) is 0.787. The molecule has 2 aliphatic rings. The van der Waals surface area contributed by atoms with Gasteiger partial charge in [-0.2, -0.15) is 0 Å². The second kappa shape index (κ2) is 10.7. The molecule has 2 N–H and O–H groups in total. The molecule has 146 valence electrons. The average Bonchev–Trinajstić information content (AvgIpc) is 2.67. The maximum atomic E-state index is 12.5. The first-order chi connectivity index (χ1) is 12.2. The van der Waals surface area contributed by atoms with Gasteiger partial charge >= 0.3 is 0 Å². The number of piperidine rings is 1. The molecule has 1 aromatic rings. The highest BCUT2D eigenvalue weighted by molar-refractivity contribution is 8.16. The van der Waals surface area contributed by atoms with E-state index < -0.39 is 0 Å². The van der Waals surface area contributed by atoms with Gasteiger partial charge in [0.15, 0.2) is 6.61 Å². The molecule has 1 amide bonds. The van der Waals surface area contributed by atoms with E-state index in [4.69, 9.17) is 10.5 Å². The lowest BCUT2D eigenvalue weighted by molar-refractivity contribution is -0.137. The SMILES string of the molecule is CC1CCN(C(=O)COc2ccc(C3SCCCS3)cc2)C(CN)C1.Cl. The van der Waals surface area contributed by atoms with E-state index in [9.17, 15) is 4.79 Å². The average molecular weight is 417 g/mol. The molecule has 2 aliphatic heterocycles. The molecule has 2 atom stereocenters. The van der Waals surface area contributed by atoms with Gasteiger partial charge in [-0.25, -0.2) is 0 Å². The van der Waals surface area contributed by atoms with Crippen LogP contribution in [0.5, 0.6) is 5.75 Å². The molecular weight excluding hydrogens is 388 g/mol. The van der Waals surface area contributed by atoms with Crippen LogP contribution >= 0.6 is 35.9 Å². The van der Waals surface area contributed by atoms with Gasteiger partial charge in [0.2, 0.25) is 0 Å². The van der Waals surface area contributed by atoms with Crippen LogP contribution in [-0.2, 0) is 4.79 Å². The molecule has 0 spiro atoms. The number of carbonyl (C=O) groups is 1. The number of hydrogen-bond donors (Lipinski definition) is 1. The molecule has 3 rings (SSSR count). The predicted octanol–water partition coefficient (Wildman–Crippen LogP) is 3.94. The fourth-order valence-electron chi connectivity index (χ4n) is 3.43. The number of benzene rings is 1. The summed E-state index contributed by atoms with van der Waals surface area (Å²) in [4.78, 5) is 14.4. The largest absolute Gasteiger partial charge is 0.484 e. The molecule has 0 saturated carbocycles. The van der Waals surface area contributed by atoms with Gasteiger partial charge in [0.1, 0.15) is 5.75 Å². The highest BCUT2D eigenvalue weighted by Gasteiger charge is 2.29. The number of ether oxygens (including phenoxy) is 1. The Morgan fingerprint density at radius 2 is 1.96 bits per heavy atom. The number of carbonyl (C=O) groups excluding carboxylic acids is 1. The van der Waals surface area contributed by atoms with Crippen molar-refractivity contribution < 1.29 is 9.53 Å². The fourth-order valence-corrected chi connectivity index (χ4v) is 6.33. The molecule has 2 heterocycles. The number of rotatable bonds is 5. The number of nitrogens with zero attached hydrogens (tertiary/aromatic N) is 1. The zero-order valence-electron chi connectivity index (χ0n) is 15.3. The van der Waals surface area contributed by atoms with E-state index in [0.29, 0.717) is 17.0 Å². The van der Waals surface area contributed by atoms with E-state index in [2.05, 4.69) is 19.1 Å². The molecule has 4 nitrogen and oxygen atoms in total. The third-order valence-electron chi connectivity index (χ3n) is 4.91. The van der Waals surface area contributed by atoms with Gasteiger partial charge in [0, 0.05) is 19.1 Å². The molecular formula is C19H29ClN2O2S2. The molecule has 26 heavy (non-hydrogen) atoms. The Morgan fingerprint density at radius 3 is 2.62 bits per heavy atom. The Labute approximate surface area is 171 Å². The topological polar surface area (TPSA) is 55.6 Å². The Bertz CT molecular complexity index is 567. The summed E-state index contributed by atoms with van der Waals surface area (Å²) in [7, 11) is 0. The van der Waals surface area contributed by atoms with Crippen molar-refractivity contribution in [2.45, 2.75) is 36.8 Å². The van der Waals surface area contributed by atoms with Crippen molar-refractivity contribution in [2.75, 3.05) is 31.2 Å². The first-order valence-corrected chi connectivity index (χ1v) is 11.2. The molecule has 7 heteroatoms. The first-order valence-electron chi connectivity index (χ1n) is 9.13. The minimum Gasteiger partial charge on any atom is -0.484 e. The van der Waals surface area contributed by atoms with Crippen molar-refractivity contribution in [1.82, 2.24) is 4.90 Å². The van der Waals surface area contributed by atoms with Gasteiger partial charge in [-0.3, -0.25) is 4.79 Å². The molecule has 2 fully saturated rings. The molecule has 0 aliphatic carbocycles. The van der Waals surface area contributed by atoms with Crippen molar-refractivity contribution in [3.8, 4) is 5.75 Å². The number of nitrogens with two attached hydrogens (primary N) is 1. The summed E-state index contributed by atoms with van der Waals surface area (Å²) < 4.78 is 6.27. The number of hydrogen-bond acceptors (Lipinski definition) is 5. The van der Waals surface area contributed by atoms with E-state index in [0.717, 1.165) is 25.1 Å². The summed E-state index contributed by atoms with van der Waals surface area (Å²) in [5, 5.41) is 0. The number of halogens is 1. The van der Waals surface area contributed by atoms with Gasteiger partial charge in [-0.05, 0) is 54.4 Å². The number of amides is 1. The third-order valence-corrected chi connectivity index (χ3v) is 7.93. The van der Waals surface area contributed by atoms with Gasteiger partial charge in [0.05, 0.1) is 4.58 Å². The van der Waals surface area contributed by atoms with Gasteiger partial charge in [-0.1, -0.05) is 19.1 Å². The number of thioether (sulfide) groups is 2. The first kappa shape index (κ1) is 21.7. The molecule has 0 aromatic heterocycles. The highest BCUT2D eigenvalue weighted by Crippen LogP contribution is 2.43. The standard InChI is InChI=1S/C19H28N2O2S2.ClH/c1-14-7-8-21(16(11-14)12-20)18(22)13-23-17-5-3-15(4-6-17)19-24-9-2-10-25-19;/h3-6,14,16,19H,2,7-13,20H2,1H3;1H. The van der Waals surface area contributed by atoms with E-state index in [-0.39, 0.29) is 31.0 Å². The summed E-state index contributed by atoms with van der Waals surface area (Å²) in [6.07, 6.45) is 3.34. The number of likely N-dealkylation sites (tertiary alicyclic amines) is 1. The monoisotopic (exact) mass is 416 g/mol. The van der Waals surface area contributed by atoms with E-state index >= 15 is 0 Å². The molecule has 1 aromatic carbocycles. The van der Waals surface area contributed by atoms with E-state index in [1.54, 1.807) is 0 Å². The molecule has 2 saturated heterocycles. The summed E-state index contributed by atoms with van der Waals surface area (Å²) in [5.41, 5.74) is 7.18. The minimum absolute atomic E-state index is 0. The summed E-state index contributed by atoms with van der Waals surface area (Å²) in [6, 6.07) is 8.37. The zero-order valence-corrected chi connectivity index (χ0v) is 17.7. The van der Waals surface area contributed by atoms with Gasteiger partial charge < -0.3 is 15.4 Å². The summed E-state index contributed by atoms with van der Waals surface area (Å²) in [5.74, 6) is 3.92. The van der Waals surface area contributed by atoms with Crippen LogP contribution in [0.15, 0.2) is 24.3 Å². The summed E-state index contributed by atoms with van der Waals surface area (Å²) >= 11 is 4.02. The van der Waals surface area contributed by atoms with Crippen LogP contribution in [0.1, 0.15) is 36.3 Å². The fraction of sp³-hybridized carbons (Fsp3) is 0.632. The Kier molecular flexibility index (Phi) is 8.94. The predicted molar refractivity (Wildman–Crippen MR) is 114 cm³/mol. The van der Waals surface area contributed by atoms with Crippen LogP contribution in [0.4, 0.5) is 0 Å². The molecule has 0 radical (unpaired) electrons. The molecule has 0 bridgehead atoms. The van der Waals surface area contributed by atoms with Crippen molar-refractivity contribution in [1.29, 1.82) is 0 Å². The van der Waals surface area contributed by atoms with E-state index in [1.807, 2.05) is 40.6 Å². The maximum absolute atomic E-state index is 12.5. The minimum atomic E-state index is 0. The van der Waals surface area contributed by atoms with Crippen molar-refractivity contribution in [3.05, 3.63) is 29.8 Å². The lowest BCUT2D eigenvalue weighted by Gasteiger charge is -2.37. The van der Waals surface area contributed by atoms with Crippen molar-refractivity contribution in [2.24, 2.45) is 11.7 Å². The van der Waals surface area contributed by atoms with Crippen LogP contribution in [0, 0.1) is 5.92 Å². The Balaban J connectivity index is 0.00000243. The second-order valence-electron chi connectivity index (χ2n) is 6.89. The lowest BCUT2D eigenvalue weighted by atomic mass is 9.92. The van der Waals surface area contributed by atoms with Crippen LogP contribution in [-0.4, -0.2) is 48.1 Å².